The van der Waals surface area contributed by atoms with Gasteiger partial charge in [-0.25, -0.2) is 0 Å². The van der Waals surface area contributed by atoms with Crippen LogP contribution in [0.4, 0.5) is 13.2 Å². The lowest BCUT2D eigenvalue weighted by Gasteiger charge is -2.24. The van der Waals surface area contributed by atoms with Crippen molar-refractivity contribution < 1.29 is 17.9 Å². The van der Waals surface area contributed by atoms with Crippen molar-refractivity contribution in [1.29, 1.82) is 0 Å². The summed E-state index contributed by atoms with van der Waals surface area (Å²) in [4.78, 5) is 0. The Balaban J connectivity index is 1.68. The summed E-state index contributed by atoms with van der Waals surface area (Å²) in [7, 11) is 0. The summed E-state index contributed by atoms with van der Waals surface area (Å²) in [6.45, 7) is 2.66. The van der Waals surface area contributed by atoms with Crippen molar-refractivity contribution in [2.75, 3.05) is 6.61 Å². The van der Waals surface area contributed by atoms with E-state index in [0.717, 1.165) is 19.1 Å². The van der Waals surface area contributed by atoms with E-state index in [1.54, 1.807) is 6.07 Å². The Hall–Kier alpha value is -1.07. The molecule has 0 radical (unpaired) electrons. The zero-order valence-corrected chi connectivity index (χ0v) is 12.0. The van der Waals surface area contributed by atoms with E-state index in [-0.39, 0.29) is 18.2 Å². The van der Waals surface area contributed by atoms with Gasteiger partial charge >= 0.3 is 6.18 Å². The summed E-state index contributed by atoms with van der Waals surface area (Å²) in [5.74, 6) is 0.638. The molecule has 1 saturated heterocycles. The van der Waals surface area contributed by atoms with Crippen molar-refractivity contribution in [3.8, 4) is 0 Å². The molecular formula is C16H20F3NO. The number of rotatable bonds is 4. The number of ether oxygens (including phenoxy) is 1. The lowest BCUT2D eigenvalue weighted by Crippen LogP contribution is -2.39. The van der Waals surface area contributed by atoms with E-state index in [9.17, 15) is 13.2 Å². The highest BCUT2D eigenvalue weighted by atomic mass is 19.4. The minimum Gasteiger partial charge on any atom is -0.376 e. The van der Waals surface area contributed by atoms with Gasteiger partial charge in [-0.2, -0.15) is 13.2 Å². The van der Waals surface area contributed by atoms with Crippen LogP contribution >= 0.6 is 0 Å². The van der Waals surface area contributed by atoms with Gasteiger partial charge in [0.1, 0.15) is 0 Å². The van der Waals surface area contributed by atoms with Crippen molar-refractivity contribution in [2.24, 2.45) is 5.92 Å². The number of hydrogen-bond acceptors (Lipinski definition) is 2. The molecule has 21 heavy (non-hydrogen) atoms. The molecule has 0 aromatic heterocycles. The molecule has 0 bridgehead atoms. The van der Waals surface area contributed by atoms with E-state index in [4.69, 9.17) is 4.74 Å². The van der Waals surface area contributed by atoms with Gasteiger partial charge in [0, 0.05) is 18.7 Å². The van der Waals surface area contributed by atoms with Gasteiger partial charge in [0.05, 0.1) is 11.7 Å². The molecule has 0 spiro atoms. The monoisotopic (exact) mass is 299 g/mol. The minimum atomic E-state index is -4.29. The van der Waals surface area contributed by atoms with Gasteiger partial charge in [0.15, 0.2) is 0 Å². The Kier molecular flexibility index (Phi) is 3.97. The topological polar surface area (TPSA) is 21.3 Å². The second-order valence-corrected chi connectivity index (χ2v) is 6.08. The quantitative estimate of drug-likeness (QED) is 0.909. The fourth-order valence-electron chi connectivity index (χ4n) is 3.08. The van der Waals surface area contributed by atoms with Crippen LogP contribution in [-0.4, -0.2) is 18.8 Å². The van der Waals surface area contributed by atoms with Gasteiger partial charge < -0.3 is 10.1 Å². The van der Waals surface area contributed by atoms with Gasteiger partial charge in [0.25, 0.3) is 0 Å². The lowest BCUT2D eigenvalue weighted by molar-refractivity contribution is -0.137. The van der Waals surface area contributed by atoms with Crippen molar-refractivity contribution >= 4 is 0 Å². The number of hydrogen-bond donors (Lipinski definition) is 1. The predicted molar refractivity (Wildman–Crippen MR) is 73.9 cm³/mol. The van der Waals surface area contributed by atoms with Crippen LogP contribution in [0.5, 0.6) is 0 Å². The van der Waals surface area contributed by atoms with E-state index in [1.165, 1.54) is 25.0 Å². The van der Waals surface area contributed by atoms with Crippen LogP contribution in [-0.2, 0) is 10.9 Å². The molecular weight excluding hydrogens is 279 g/mol. The first-order chi connectivity index (χ1) is 9.95. The highest BCUT2D eigenvalue weighted by Gasteiger charge is 2.41. The van der Waals surface area contributed by atoms with E-state index < -0.39 is 11.7 Å². The van der Waals surface area contributed by atoms with E-state index in [0.29, 0.717) is 11.5 Å². The van der Waals surface area contributed by atoms with Crippen LogP contribution in [0, 0.1) is 5.92 Å². The number of halogens is 3. The Labute approximate surface area is 122 Å². The third-order valence-corrected chi connectivity index (χ3v) is 4.40. The molecule has 1 N–H and O–H groups in total. The molecule has 1 aliphatic carbocycles. The van der Waals surface area contributed by atoms with E-state index in [2.05, 4.69) is 5.32 Å². The lowest BCUT2D eigenvalue weighted by atomic mass is 10.0. The molecule has 5 heteroatoms. The number of benzene rings is 1. The predicted octanol–water partition coefficient (Wildman–Crippen LogP) is 3.92. The molecule has 1 aromatic rings. The molecule has 2 aliphatic rings. The first-order valence-electron chi connectivity index (χ1n) is 7.50. The van der Waals surface area contributed by atoms with Crippen LogP contribution in [0.25, 0.3) is 0 Å². The highest BCUT2D eigenvalue weighted by molar-refractivity contribution is 5.27. The van der Waals surface area contributed by atoms with Crippen molar-refractivity contribution in [1.82, 2.24) is 5.32 Å². The van der Waals surface area contributed by atoms with Gasteiger partial charge in [-0.15, -0.1) is 0 Å². The fourth-order valence-corrected chi connectivity index (χ4v) is 3.08. The maximum absolute atomic E-state index is 12.8. The van der Waals surface area contributed by atoms with E-state index in [1.807, 2.05) is 6.92 Å². The van der Waals surface area contributed by atoms with Gasteiger partial charge in [-0.1, -0.05) is 12.1 Å². The SMILES string of the molecule is CC(NC1CCOC1C1CC1)c1cccc(C(F)(F)F)c1. The Morgan fingerprint density at radius 1 is 1.24 bits per heavy atom. The molecule has 3 rings (SSSR count). The summed E-state index contributed by atoms with van der Waals surface area (Å²) in [6.07, 6.45) is -0.701. The molecule has 2 nitrogen and oxygen atoms in total. The van der Waals surface area contributed by atoms with Gasteiger partial charge in [0.2, 0.25) is 0 Å². The zero-order valence-electron chi connectivity index (χ0n) is 12.0. The smallest absolute Gasteiger partial charge is 0.376 e. The first-order valence-corrected chi connectivity index (χ1v) is 7.50. The largest absolute Gasteiger partial charge is 0.416 e. The fraction of sp³-hybridized carbons (Fsp3) is 0.625. The van der Waals surface area contributed by atoms with Crippen molar-refractivity contribution in [3.05, 3.63) is 35.4 Å². The molecule has 1 aromatic carbocycles. The van der Waals surface area contributed by atoms with Crippen LogP contribution in [0.2, 0.25) is 0 Å². The van der Waals surface area contributed by atoms with Crippen molar-refractivity contribution in [2.45, 2.75) is 50.6 Å². The minimum absolute atomic E-state index is 0.111. The number of nitrogens with one attached hydrogen (secondary N) is 1. The third kappa shape index (κ3) is 3.40. The molecule has 3 atom stereocenters. The molecule has 0 amide bonds. The van der Waals surface area contributed by atoms with Crippen molar-refractivity contribution in [3.63, 3.8) is 0 Å². The van der Waals surface area contributed by atoms with Gasteiger partial charge in [-0.3, -0.25) is 0 Å². The van der Waals surface area contributed by atoms with Crippen LogP contribution in [0.15, 0.2) is 24.3 Å². The summed E-state index contributed by atoms with van der Waals surface area (Å²) in [5, 5.41) is 3.45. The molecule has 2 fully saturated rings. The average Bonchev–Trinajstić information content (AvgIpc) is 3.18. The third-order valence-electron chi connectivity index (χ3n) is 4.40. The first kappa shape index (κ1) is 14.9. The van der Waals surface area contributed by atoms with Gasteiger partial charge in [-0.05, 0) is 49.8 Å². The molecule has 116 valence electrons. The molecule has 3 unspecified atom stereocenters. The maximum Gasteiger partial charge on any atom is 0.416 e. The van der Waals surface area contributed by atoms with Crippen LogP contribution in [0.3, 0.4) is 0 Å². The Morgan fingerprint density at radius 3 is 2.67 bits per heavy atom. The van der Waals surface area contributed by atoms with Crippen LogP contribution in [0.1, 0.15) is 43.4 Å². The summed E-state index contributed by atoms with van der Waals surface area (Å²) in [6, 6.07) is 5.71. The van der Waals surface area contributed by atoms with Crippen LogP contribution < -0.4 is 5.32 Å². The maximum atomic E-state index is 12.8. The Bertz CT molecular complexity index is 499. The summed E-state index contributed by atoms with van der Waals surface area (Å²) >= 11 is 0. The second-order valence-electron chi connectivity index (χ2n) is 6.08. The van der Waals surface area contributed by atoms with E-state index >= 15 is 0 Å². The molecule has 1 aliphatic heterocycles. The zero-order chi connectivity index (χ0) is 15.0. The second kappa shape index (κ2) is 5.61. The summed E-state index contributed by atoms with van der Waals surface area (Å²) < 4.78 is 44.1. The average molecular weight is 299 g/mol. The number of alkyl halides is 3. The Morgan fingerprint density at radius 2 is 2.00 bits per heavy atom. The highest BCUT2D eigenvalue weighted by Crippen LogP contribution is 2.39. The normalized spacial score (nSPS) is 27.8. The molecule has 1 saturated carbocycles. The summed E-state index contributed by atoms with van der Waals surface area (Å²) in [5.41, 5.74) is 0.0846. The molecule has 1 heterocycles. The standard InChI is InChI=1S/C16H20F3NO/c1-10(12-3-2-4-13(9-12)16(17,18)19)20-14-7-8-21-15(14)11-5-6-11/h2-4,9-11,14-15,20H,5-8H2,1H3.